The van der Waals surface area contributed by atoms with Crippen molar-refractivity contribution in [3.63, 3.8) is 0 Å². The van der Waals surface area contributed by atoms with Gasteiger partial charge in [-0.25, -0.2) is 4.79 Å². The van der Waals surface area contributed by atoms with E-state index in [2.05, 4.69) is 10.6 Å². The van der Waals surface area contributed by atoms with Crippen LogP contribution in [0.5, 0.6) is 0 Å². The first-order valence-electron chi connectivity index (χ1n) is 6.71. The van der Waals surface area contributed by atoms with Crippen LogP contribution in [0, 0.1) is 11.8 Å². The summed E-state index contributed by atoms with van der Waals surface area (Å²) in [5.41, 5.74) is 5.20. The molecule has 0 heterocycles. The third kappa shape index (κ3) is 6.51. The number of carbonyl (C=O) groups excluding carboxylic acids is 2. The highest BCUT2D eigenvalue weighted by atomic mass is 16.4. The molecule has 5 N–H and O–H groups in total. The molecule has 7 heteroatoms. The topological polar surface area (TPSA) is 122 Å². The van der Waals surface area contributed by atoms with E-state index in [0.717, 1.165) is 0 Å². The van der Waals surface area contributed by atoms with Crippen LogP contribution in [0.4, 0.5) is 0 Å². The molecule has 0 aliphatic rings. The molecule has 0 aliphatic carbocycles. The third-order valence-electron chi connectivity index (χ3n) is 2.77. The van der Waals surface area contributed by atoms with E-state index in [1.54, 1.807) is 13.8 Å². The van der Waals surface area contributed by atoms with Crippen LogP contribution in [0.1, 0.15) is 34.1 Å². The van der Waals surface area contributed by atoms with Gasteiger partial charge in [-0.2, -0.15) is 0 Å². The van der Waals surface area contributed by atoms with Gasteiger partial charge in [0.2, 0.25) is 11.8 Å². The Morgan fingerprint density at radius 1 is 1.10 bits per heavy atom. The largest absolute Gasteiger partial charge is 0.480 e. The molecule has 0 saturated carbocycles. The average Bonchev–Trinajstić information content (AvgIpc) is 2.33. The monoisotopic (exact) mass is 287 g/mol. The molecule has 0 fully saturated rings. The Kier molecular flexibility index (Phi) is 7.83. The Bertz CT molecular complexity index is 356. The van der Waals surface area contributed by atoms with Crippen molar-refractivity contribution < 1.29 is 19.5 Å². The highest BCUT2D eigenvalue weighted by Crippen LogP contribution is 2.07. The van der Waals surface area contributed by atoms with E-state index < -0.39 is 29.9 Å². The summed E-state index contributed by atoms with van der Waals surface area (Å²) in [6.07, 6.45) is 0.330. The highest BCUT2D eigenvalue weighted by Gasteiger charge is 2.28. The Hall–Kier alpha value is -1.63. The molecule has 0 aromatic heterocycles. The standard InChI is InChI=1S/C13H25N3O4/c1-7(2)5-9(13(19)20)15-12(18)11(8(3)4)16-10(17)6-14/h7-9,11H,5-6,14H2,1-4H3,(H,15,18)(H,16,17)(H,19,20). The molecular formula is C13H25N3O4. The second kappa shape index (κ2) is 8.52. The lowest BCUT2D eigenvalue weighted by molar-refractivity contribution is -0.143. The van der Waals surface area contributed by atoms with Gasteiger partial charge in [-0.15, -0.1) is 0 Å². The zero-order valence-corrected chi connectivity index (χ0v) is 12.5. The van der Waals surface area contributed by atoms with Crippen molar-refractivity contribution in [3.8, 4) is 0 Å². The van der Waals surface area contributed by atoms with Crippen molar-refractivity contribution in [1.29, 1.82) is 0 Å². The zero-order chi connectivity index (χ0) is 15.9. The number of hydrogen-bond donors (Lipinski definition) is 4. The minimum Gasteiger partial charge on any atom is -0.480 e. The highest BCUT2D eigenvalue weighted by molar-refractivity contribution is 5.90. The molecular weight excluding hydrogens is 262 g/mol. The molecule has 2 unspecified atom stereocenters. The second-order valence-corrected chi connectivity index (χ2v) is 5.52. The Balaban J connectivity index is 4.79. The molecule has 2 atom stereocenters. The fourth-order valence-corrected chi connectivity index (χ4v) is 1.72. The number of carbonyl (C=O) groups is 3. The van der Waals surface area contributed by atoms with Crippen molar-refractivity contribution >= 4 is 17.8 Å². The van der Waals surface area contributed by atoms with Gasteiger partial charge in [0.25, 0.3) is 0 Å². The minimum atomic E-state index is -1.08. The maximum Gasteiger partial charge on any atom is 0.326 e. The molecule has 0 saturated heterocycles. The lowest BCUT2D eigenvalue weighted by atomic mass is 10.0. The lowest BCUT2D eigenvalue weighted by Crippen LogP contribution is -2.54. The molecule has 0 bridgehead atoms. The van der Waals surface area contributed by atoms with E-state index in [0.29, 0.717) is 6.42 Å². The van der Waals surface area contributed by atoms with Gasteiger partial charge in [0, 0.05) is 0 Å². The zero-order valence-electron chi connectivity index (χ0n) is 12.5. The molecule has 116 valence electrons. The van der Waals surface area contributed by atoms with Crippen LogP contribution < -0.4 is 16.4 Å². The van der Waals surface area contributed by atoms with Crippen LogP contribution >= 0.6 is 0 Å². The SMILES string of the molecule is CC(C)CC(NC(=O)C(NC(=O)CN)C(C)C)C(=O)O. The Labute approximate surface area is 119 Å². The number of carboxylic acids is 1. The molecule has 0 rings (SSSR count). The van der Waals surface area contributed by atoms with Crippen molar-refractivity contribution in [1.82, 2.24) is 10.6 Å². The van der Waals surface area contributed by atoms with Crippen molar-refractivity contribution in [2.75, 3.05) is 6.54 Å². The minimum absolute atomic E-state index is 0.132. The summed E-state index contributed by atoms with van der Waals surface area (Å²) in [5.74, 6) is -2.07. The van der Waals surface area contributed by atoms with Crippen LogP contribution in [0.15, 0.2) is 0 Å². The van der Waals surface area contributed by atoms with E-state index in [9.17, 15) is 14.4 Å². The number of carboxylic acid groups (broad SMARTS) is 1. The van der Waals surface area contributed by atoms with Crippen molar-refractivity contribution in [2.45, 2.75) is 46.2 Å². The predicted octanol–water partition coefficient (Wildman–Crippen LogP) is -0.299. The first-order valence-corrected chi connectivity index (χ1v) is 6.71. The van der Waals surface area contributed by atoms with Crippen molar-refractivity contribution in [2.24, 2.45) is 17.6 Å². The van der Waals surface area contributed by atoms with Gasteiger partial charge in [-0.1, -0.05) is 27.7 Å². The van der Waals surface area contributed by atoms with Crippen LogP contribution in [0.3, 0.4) is 0 Å². The molecule has 20 heavy (non-hydrogen) atoms. The van der Waals surface area contributed by atoms with E-state index in [-0.39, 0.29) is 18.4 Å². The van der Waals surface area contributed by atoms with Gasteiger partial charge in [0.05, 0.1) is 6.54 Å². The number of amides is 2. The number of rotatable bonds is 8. The summed E-state index contributed by atoms with van der Waals surface area (Å²) < 4.78 is 0. The number of nitrogens with one attached hydrogen (secondary N) is 2. The van der Waals surface area contributed by atoms with Crippen LogP contribution in [-0.2, 0) is 14.4 Å². The molecule has 0 aliphatic heterocycles. The Morgan fingerprint density at radius 2 is 1.65 bits per heavy atom. The molecule has 0 aromatic rings. The summed E-state index contributed by atoms with van der Waals surface area (Å²) in [4.78, 5) is 34.5. The molecule has 7 nitrogen and oxygen atoms in total. The molecule has 0 radical (unpaired) electrons. The Morgan fingerprint density at radius 3 is 2.00 bits per heavy atom. The predicted molar refractivity (Wildman–Crippen MR) is 74.8 cm³/mol. The summed E-state index contributed by atoms with van der Waals surface area (Å²) in [7, 11) is 0. The van der Waals surface area contributed by atoms with E-state index in [4.69, 9.17) is 10.8 Å². The first kappa shape index (κ1) is 18.4. The third-order valence-corrected chi connectivity index (χ3v) is 2.77. The first-order chi connectivity index (χ1) is 9.18. The fourth-order valence-electron chi connectivity index (χ4n) is 1.72. The van der Waals surface area contributed by atoms with Crippen LogP contribution in [-0.4, -0.2) is 41.5 Å². The van der Waals surface area contributed by atoms with Crippen molar-refractivity contribution in [3.05, 3.63) is 0 Å². The normalized spacial score (nSPS) is 13.9. The maximum absolute atomic E-state index is 12.1. The van der Waals surface area contributed by atoms with Gasteiger partial charge in [0.1, 0.15) is 12.1 Å². The van der Waals surface area contributed by atoms with E-state index in [1.807, 2.05) is 13.8 Å². The van der Waals surface area contributed by atoms with E-state index >= 15 is 0 Å². The molecule has 2 amide bonds. The summed E-state index contributed by atoms with van der Waals surface area (Å²) in [5, 5.41) is 14.1. The van der Waals surface area contributed by atoms with Gasteiger partial charge >= 0.3 is 5.97 Å². The second-order valence-electron chi connectivity index (χ2n) is 5.52. The fraction of sp³-hybridized carbons (Fsp3) is 0.769. The number of aliphatic carboxylic acids is 1. The summed E-state index contributed by atoms with van der Waals surface area (Å²) in [6.45, 7) is 7.06. The smallest absolute Gasteiger partial charge is 0.326 e. The quantitative estimate of drug-likeness (QED) is 0.488. The summed E-state index contributed by atoms with van der Waals surface area (Å²) in [6, 6.07) is -1.75. The van der Waals surface area contributed by atoms with Gasteiger partial charge in [-0.3, -0.25) is 9.59 Å². The maximum atomic E-state index is 12.1. The van der Waals surface area contributed by atoms with Gasteiger partial charge in [0.15, 0.2) is 0 Å². The van der Waals surface area contributed by atoms with Crippen LogP contribution in [0.25, 0.3) is 0 Å². The number of hydrogen-bond acceptors (Lipinski definition) is 4. The summed E-state index contributed by atoms with van der Waals surface area (Å²) >= 11 is 0. The number of nitrogens with two attached hydrogens (primary N) is 1. The average molecular weight is 287 g/mol. The van der Waals surface area contributed by atoms with E-state index in [1.165, 1.54) is 0 Å². The molecule has 0 spiro atoms. The lowest BCUT2D eigenvalue weighted by Gasteiger charge is -2.24. The van der Waals surface area contributed by atoms with Gasteiger partial charge < -0.3 is 21.5 Å². The molecule has 0 aromatic carbocycles. The van der Waals surface area contributed by atoms with Crippen LogP contribution in [0.2, 0.25) is 0 Å². The van der Waals surface area contributed by atoms with Gasteiger partial charge in [-0.05, 0) is 18.3 Å².